The standard InChI is InChI=1S/C43H29N5/c1-46-39-18-10-7-15-36(39)45-43(46)30-19-21-34-32-13-5-8-16-37(32)47(40(34)25-30)31-20-22-35-33-14-6-9-17-38(33)48(41(35)27-31)42-26-29(23-24-44-42)28-11-3-2-4-12-28/h2-27H,1H3. The monoisotopic (exact) mass is 615 g/mol. The number of benzene rings is 6. The van der Waals surface area contributed by atoms with E-state index in [0.717, 1.165) is 56.0 Å². The zero-order chi connectivity index (χ0) is 31.8. The maximum atomic E-state index is 5.03. The third-order valence-corrected chi connectivity index (χ3v) is 9.72. The molecule has 226 valence electrons. The van der Waals surface area contributed by atoms with Gasteiger partial charge in [-0.2, -0.15) is 0 Å². The quantitative estimate of drug-likeness (QED) is 0.198. The Bertz CT molecular complexity index is 2850. The van der Waals surface area contributed by atoms with Crippen molar-refractivity contribution in [2.45, 2.75) is 0 Å². The van der Waals surface area contributed by atoms with E-state index < -0.39 is 0 Å². The van der Waals surface area contributed by atoms with E-state index in [0.29, 0.717) is 0 Å². The normalized spacial score (nSPS) is 11.9. The molecule has 0 aliphatic heterocycles. The van der Waals surface area contributed by atoms with Gasteiger partial charge in [0.05, 0.1) is 33.1 Å². The summed E-state index contributed by atoms with van der Waals surface area (Å²) in [6.07, 6.45) is 1.91. The lowest BCUT2D eigenvalue weighted by atomic mass is 10.1. The van der Waals surface area contributed by atoms with Gasteiger partial charge in [-0.25, -0.2) is 9.97 Å². The Balaban J connectivity index is 1.23. The minimum absolute atomic E-state index is 0.894. The van der Waals surface area contributed by atoms with E-state index in [-0.39, 0.29) is 0 Å². The second-order valence-corrected chi connectivity index (χ2v) is 12.4. The maximum absolute atomic E-state index is 5.03. The largest absolute Gasteiger partial charge is 0.327 e. The molecule has 0 radical (unpaired) electrons. The van der Waals surface area contributed by atoms with E-state index in [9.17, 15) is 0 Å². The van der Waals surface area contributed by atoms with Gasteiger partial charge < -0.3 is 9.13 Å². The van der Waals surface area contributed by atoms with Crippen LogP contribution in [-0.2, 0) is 7.05 Å². The SMILES string of the molecule is Cn1c(-c2ccc3c4ccccc4n(-c4ccc5c6ccccc6n(-c6cc(-c7ccccc7)ccn6)c5c4)c3c2)nc2ccccc21. The molecule has 10 rings (SSSR count). The summed E-state index contributed by atoms with van der Waals surface area (Å²) in [5.41, 5.74) is 11.2. The predicted octanol–water partition coefficient (Wildman–Crippen LogP) is 10.5. The smallest absolute Gasteiger partial charge is 0.140 e. The first-order chi connectivity index (χ1) is 23.7. The molecular formula is C43H29N5. The Hall–Kier alpha value is -6.46. The minimum Gasteiger partial charge on any atom is -0.327 e. The Morgan fingerprint density at radius 3 is 1.83 bits per heavy atom. The van der Waals surface area contributed by atoms with E-state index >= 15 is 0 Å². The Kier molecular flexibility index (Phi) is 5.72. The molecule has 0 aliphatic carbocycles. The lowest BCUT2D eigenvalue weighted by Crippen LogP contribution is -1.99. The molecule has 0 bridgehead atoms. The first-order valence-corrected chi connectivity index (χ1v) is 16.2. The van der Waals surface area contributed by atoms with Gasteiger partial charge in [-0.1, -0.05) is 97.1 Å². The summed E-state index contributed by atoms with van der Waals surface area (Å²) in [6.45, 7) is 0. The molecule has 0 atom stereocenters. The first kappa shape index (κ1) is 26.7. The van der Waals surface area contributed by atoms with Crippen LogP contribution < -0.4 is 0 Å². The molecule has 0 spiro atoms. The van der Waals surface area contributed by atoms with Crippen molar-refractivity contribution >= 4 is 54.6 Å². The van der Waals surface area contributed by atoms with Gasteiger partial charge in [-0.05, 0) is 65.7 Å². The molecule has 0 unspecified atom stereocenters. The van der Waals surface area contributed by atoms with Crippen LogP contribution in [0.5, 0.6) is 0 Å². The number of nitrogens with zero attached hydrogens (tertiary/aromatic N) is 5. The number of pyridine rings is 1. The van der Waals surface area contributed by atoms with Gasteiger partial charge >= 0.3 is 0 Å². The third-order valence-electron chi connectivity index (χ3n) is 9.72. The van der Waals surface area contributed by atoms with Crippen LogP contribution in [0.15, 0.2) is 158 Å². The van der Waals surface area contributed by atoms with Crippen molar-refractivity contribution in [3.63, 3.8) is 0 Å². The lowest BCUT2D eigenvalue weighted by Gasteiger charge is -2.12. The van der Waals surface area contributed by atoms with E-state index in [2.05, 4.69) is 166 Å². The molecule has 4 aromatic heterocycles. The highest BCUT2D eigenvalue weighted by Crippen LogP contribution is 2.38. The first-order valence-electron chi connectivity index (χ1n) is 16.2. The highest BCUT2D eigenvalue weighted by atomic mass is 15.1. The van der Waals surface area contributed by atoms with Gasteiger partial charge in [0, 0.05) is 46.0 Å². The average molecular weight is 616 g/mol. The highest BCUT2D eigenvalue weighted by molar-refractivity contribution is 6.12. The lowest BCUT2D eigenvalue weighted by molar-refractivity contribution is 0.959. The summed E-state index contributed by atoms with van der Waals surface area (Å²) in [6, 6.07) is 54.0. The minimum atomic E-state index is 0.894. The topological polar surface area (TPSA) is 40.6 Å². The van der Waals surface area contributed by atoms with E-state index in [1.54, 1.807) is 0 Å². The number of hydrogen-bond donors (Lipinski definition) is 0. The molecule has 0 amide bonds. The summed E-state index contributed by atoms with van der Waals surface area (Å²) in [4.78, 5) is 9.95. The van der Waals surface area contributed by atoms with Gasteiger partial charge in [0.2, 0.25) is 0 Å². The number of rotatable bonds is 4. The summed E-state index contributed by atoms with van der Waals surface area (Å²) < 4.78 is 6.88. The van der Waals surface area contributed by atoms with Crippen LogP contribution in [0.25, 0.3) is 88.7 Å². The van der Waals surface area contributed by atoms with E-state index in [1.165, 1.54) is 32.6 Å². The van der Waals surface area contributed by atoms with Crippen LogP contribution in [-0.4, -0.2) is 23.7 Å². The summed E-state index contributed by atoms with van der Waals surface area (Å²) in [5, 5.41) is 4.84. The predicted molar refractivity (Wildman–Crippen MR) is 198 cm³/mol. The molecule has 4 heterocycles. The maximum Gasteiger partial charge on any atom is 0.140 e. The van der Waals surface area contributed by atoms with Gasteiger partial charge in [0.25, 0.3) is 0 Å². The molecule has 0 aliphatic rings. The number of para-hydroxylation sites is 4. The Labute approximate surface area is 276 Å². The van der Waals surface area contributed by atoms with Crippen molar-refractivity contribution in [1.29, 1.82) is 0 Å². The molecule has 5 heteroatoms. The molecule has 10 aromatic rings. The molecule has 0 saturated carbocycles. The van der Waals surface area contributed by atoms with E-state index in [1.807, 2.05) is 12.3 Å². The zero-order valence-electron chi connectivity index (χ0n) is 26.2. The number of imidazole rings is 1. The number of aromatic nitrogens is 5. The summed E-state index contributed by atoms with van der Waals surface area (Å²) >= 11 is 0. The van der Waals surface area contributed by atoms with E-state index in [4.69, 9.17) is 9.97 Å². The molecule has 0 saturated heterocycles. The molecule has 48 heavy (non-hydrogen) atoms. The van der Waals surface area contributed by atoms with Crippen molar-refractivity contribution in [2.24, 2.45) is 7.05 Å². The molecule has 0 N–H and O–H groups in total. The Morgan fingerprint density at radius 2 is 1.06 bits per heavy atom. The van der Waals surface area contributed by atoms with Gasteiger partial charge in [-0.3, -0.25) is 4.57 Å². The van der Waals surface area contributed by atoms with Crippen LogP contribution in [0, 0.1) is 0 Å². The second kappa shape index (κ2) is 10.3. The summed E-state index contributed by atoms with van der Waals surface area (Å²) in [5.74, 6) is 1.85. The van der Waals surface area contributed by atoms with Crippen LogP contribution in [0.3, 0.4) is 0 Å². The third kappa shape index (κ3) is 3.91. The van der Waals surface area contributed by atoms with Crippen LogP contribution in [0.1, 0.15) is 0 Å². The van der Waals surface area contributed by atoms with Gasteiger partial charge in [-0.15, -0.1) is 0 Å². The van der Waals surface area contributed by atoms with Crippen molar-refractivity contribution in [3.05, 3.63) is 158 Å². The van der Waals surface area contributed by atoms with Gasteiger partial charge in [0.1, 0.15) is 11.6 Å². The number of aryl methyl sites for hydroxylation is 1. The van der Waals surface area contributed by atoms with Crippen molar-refractivity contribution in [2.75, 3.05) is 0 Å². The second-order valence-electron chi connectivity index (χ2n) is 12.4. The molecular weight excluding hydrogens is 587 g/mol. The fourth-order valence-electron chi connectivity index (χ4n) is 7.49. The van der Waals surface area contributed by atoms with Crippen LogP contribution >= 0.6 is 0 Å². The molecule has 0 fully saturated rings. The van der Waals surface area contributed by atoms with Gasteiger partial charge in [0.15, 0.2) is 0 Å². The fourth-order valence-corrected chi connectivity index (χ4v) is 7.49. The summed E-state index contributed by atoms with van der Waals surface area (Å²) in [7, 11) is 2.10. The van der Waals surface area contributed by atoms with Crippen LogP contribution in [0.2, 0.25) is 0 Å². The zero-order valence-corrected chi connectivity index (χ0v) is 26.2. The number of hydrogen-bond acceptors (Lipinski definition) is 2. The molecule has 6 aromatic carbocycles. The highest BCUT2D eigenvalue weighted by Gasteiger charge is 2.19. The average Bonchev–Trinajstić information content (AvgIpc) is 3.78. The van der Waals surface area contributed by atoms with Crippen molar-refractivity contribution in [3.8, 4) is 34.0 Å². The Morgan fingerprint density at radius 1 is 0.438 bits per heavy atom. The molecule has 5 nitrogen and oxygen atoms in total. The fraction of sp³-hybridized carbons (Fsp3) is 0.0233. The van der Waals surface area contributed by atoms with Crippen molar-refractivity contribution in [1.82, 2.24) is 23.7 Å². The van der Waals surface area contributed by atoms with Crippen molar-refractivity contribution < 1.29 is 0 Å². The van der Waals surface area contributed by atoms with Crippen LogP contribution in [0.4, 0.5) is 0 Å². The number of fused-ring (bicyclic) bond motifs is 7.